The van der Waals surface area contributed by atoms with Gasteiger partial charge in [0.25, 0.3) is 5.91 Å². The summed E-state index contributed by atoms with van der Waals surface area (Å²) in [4.78, 5) is 51.7. The van der Waals surface area contributed by atoms with E-state index in [2.05, 4.69) is 16.0 Å². The number of carbonyl (C=O) groups is 4. The van der Waals surface area contributed by atoms with Crippen LogP contribution in [0, 0.1) is 0 Å². The van der Waals surface area contributed by atoms with E-state index >= 15 is 0 Å². The Balaban J connectivity index is 1.88. The molecule has 198 valence electrons. The van der Waals surface area contributed by atoms with Gasteiger partial charge in [0, 0.05) is 0 Å². The first-order valence-electron chi connectivity index (χ1n) is 12.0. The molecule has 9 heteroatoms. The molecule has 0 aliphatic heterocycles. The molecule has 0 saturated heterocycles. The zero-order chi connectivity index (χ0) is 27.6. The van der Waals surface area contributed by atoms with E-state index in [1.54, 1.807) is 60.7 Å². The zero-order valence-electron chi connectivity index (χ0n) is 21.5. The normalized spacial score (nSPS) is 11.1. The molecule has 0 aliphatic rings. The molecule has 0 heterocycles. The second-order valence-electron chi connectivity index (χ2n) is 9.02. The van der Waals surface area contributed by atoms with Crippen LogP contribution in [0.2, 0.25) is 0 Å². The van der Waals surface area contributed by atoms with Gasteiger partial charge < -0.3 is 25.4 Å². The molecule has 0 bridgehead atoms. The highest BCUT2D eigenvalue weighted by Gasteiger charge is 2.46. The number of hydrogen-bond acceptors (Lipinski definition) is 6. The third-order valence-corrected chi connectivity index (χ3v) is 5.81. The van der Waals surface area contributed by atoms with Crippen molar-refractivity contribution in [1.82, 2.24) is 16.0 Å². The summed E-state index contributed by atoms with van der Waals surface area (Å²) in [6.07, 6.45) is -0.787. The molecule has 0 aromatic heterocycles. The summed E-state index contributed by atoms with van der Waals surface area (Å²) in [6.45, 7) is 2.59. The Morgan fingerprint density at radius 1 is 0.737 bits per heavy atom. The molecule has 0 radical (unpaired) electrons. The monoisotopic (exact) mass is 517 g/mol. The Morgan fingerprint density at radius 2 is 1.24 bits per heavy atom. The fraction of sp³-hybridized carbons (Fsp3) is 0.241. The van der Waals surface area contributed by atoms with Gasteiger partial charge in [-0.1, -0.05) is 91.0 Å². The SMILES string of the molecule is COC(=O)C(C)(C)NC(=O)C(NC(=O)CNC(=O)OCc1ccccc1)(c1ccccc1)c1ccccc1. The molecular weight excluding hydrogens is 486 g/mol. The maximum Gasteiger partial charge on any atom is 0.407 e. The van der Waals surface area contributed by atoms with Crippen molar-refractivity contribution < 1.29 is 28.7 Å². The van der Waals surface area contributed by atoms with Gasteiger partial charge >= 0.3 is 12.1 Å². The Labute approximate surface area is 221 Å². The number of esters is 1. The lowest BCUT2D eigenvalue weighted by molar-refractivity contribution is -0.150. The Kier molecular flexibility index (Phi) is 9.21. The molecule has 3 amide bonds. The van der Waals surface area contributed by atoms with E-state index in [4.69, 9.17) is 9.47 Å². The molecule has 3 aromatic rings. The molecule has 38 heavy (non-hydrogen) atoms. The molecule has 3 N–H and O–H groups in total. The molecule has 3 aromatic carbocycles. The van der Waals surface area contributed by atoms with Gasteiger partial charge in [-0.3, -0.25) is 9.59 Å². The van der Waals surface area contributed by atoms with E-state index in [0.29, 0.717) is 11.1 Å². The lowest BCUT2D eigenvalue weighted by Gasteiger charge is -2.37. The van der Waals surface area contributed by atoms with Gasteiger partial charge in [0.2, 0.25) is 5.91 Å². The molecule has 0 spiro atoms. The number of amides is 3. The van der Waals surface area contributed by atoms with Crippen molar-refractivity contribution in [2.75, 3.05) is 13.7 Å². The number of carbonyl (C=O) groups excluding carboxylic acids is 4. The number of alkyl carbamates (subject to hydrolysis) is 1. The summed E-state index contributed by atoms with van der Waals surface area (Å²) in [5, 5.41) is 7.93. The molecule has 0 aliphatic carbocycles. The quantitative estimate of drug-likeness (QED) is 0.355. The van der Waals surface area contributed by atoms with Crippen molar-refractivity contribution in [2.24, 2.45) is 0 Å². The predicted octanol–water partition coefficient (Wildman–Crippen LogP) is 3.04. The number of benzene rings is 3. The van der Waals surface area contributed by atoms with Gasteiger partial charge in [-0.05, 0) is 30.5 Å². The van der Waals surface area contributed by atoms with Crippen LogP contribution in [0.3, 0.4) is 0 Å². The Morgan fingerprint density at radius 3 is 1.74 bits per heavy atom. The van der Waals surface area contributed by atoms with Gasteiger partial charge in [0.1, 0.15) is 18.7 Å². The highest BCUT2D eigenvalue weighted by atomic mass is 16.5. The maximum absolute atomic E-state index is 14.0. The van der Waals surface area contributed by atoms with Gasteiger partial charge in [-0.2, -0.15) is 0 Å². The van der Waals surface area contributed by atoms with Crippen molar-refractivity contribution >= 4 is 23.9 Å². The summed E-state index contributed by atoms with van der Waals surface area (Å²) >= 11 is 0. The average Bonchev–Trinajstić information content (AvgIpc) is 2.94. The summed E-state index contributed by atoms with van der Waals surface area (Å²) in [6, 6.07) is 26.4. The van der Waals surface area contributed by atoms with Crippen LogP contribution in [0.15, 0.2) is 91.0 Å². The number of ether oxygens (including phenoxy) is 2. The fourth-order valence-electron chi connectivity index (χ4n) is 3.87. The molecule has 3 rings (SSSR count). The number of hydrogen-bond donors (Lipinski definition) is 3. The summed E-state index contributed by atoms with van der Waals surface area (Å²) in [5.41, 5.74) is -1.44. The first-order chi connectivity index (χ1) is 18.2. The third kappa shape index (κ3) is 6.76. The molecule has 0 unspecified atom stereocenters. The van der Waals surface area contributed by atoms with E-state index in [1.165, 1.54) is 21.0 Å². The first kappa shape index (κ1) is 27.9. The molecule has 0 atom stereocenters. The number of methoxy groups -OCH3 is 1. The van der Waals surface area contributed by atoms with Gasteiger partial charge in [-0.25, -0.2) is 9.59 Å². The summed E-state index contributed by atoms with van der Waals surface area (Å²) < 4.78 is 10.0. The van der Waals surface area contributed by atoms with Gasteiger partial charge in [0.15, 0.2) is 5.54 Å². The minimum absolute atomic E-state index is 0.0390. The predicted molar refractivity (Wildman–Crippen MR) is 141 cm³/mol. The Hall–Kier alpha value is -4.66. The van der Waals surface area contributed by atoms with Crippen molar-refractivity contribution in [3.05, 3.63) is 108 Å². The summed E-state index contributed by atoms with van der Waals surface area (Å²) in [7, 11) is 1.22. The number of nitrogens with one attached hydrogen (secondary N) is 3. The van der Waals surface area contributed by atoms with Crippen LogP contribution >= 0.6 is 0 Å². The Bertz CT molecular complexity index is 1210. The van der Waals surface area contributed by atoms with Crippen LogP contribution in [-0.4, -0.2) is 43.1 Å². The second-order valence-corrected chi connectivity index (χ2v) is 9.02. The van der Waals surface area contributed by atoms with Gasteiger partial charge in [-0.15, -0.1) is 0 Å². The molecule has 9 nitrogen and oxygen atoms in total. The molecule has 0 fully saturated rings. The minimum atomic E-state index is -1.74. The first-order valence-corrected chi connectivity index (χ1v) is 12.0. The van der Waals surface area contributed by atoms with Crippen molar-refractivity contribution in [1.29, 1.82) is 0 Å². The van der Waals surface area contributed by atoms with Crippen molar-refractivity contribution in [3.63, 3.8) is 0 Å². The second kappa shape index (κ2) is 12.5. The van der Waals surface area contributed by atoms with Crippen LogP contribution in [-0.2, 0) is 36.0 Å². The lowest BCUT2D eigenvalue weighted by Crippen LogP contribution is -2.63. The third-order valence-electron chi connectivity index (χ3n) is 5.81. The smallest absolute Gasteiger partial charge is 0.407 e. The van der Waals surface area contributed by atoms with E-state index < -0.39 is 41.5 Å². The highest BCUT2D eigenvalue weighted by Crippen LogP contribution is 2.31. The zero-order valence-corrected chi connectivity index (χ0v) is 21.5. The van der Waals surface area contributed by atoms with Crippen LogP contribution in [0.25, 0.3) is 0 Å². The van der Waals surface area contributed by atoms with E-state index in [9.17, 15) is 19.2 Å². The van der Waals surface area contributed by atoms with Crippen LogP contribution in [0.4, 0.5) is 4.79 Å². The maximum atomic E-state index is 14.0. The molecule has 0 saturated carbocycles. The van der Waals surface area contributed by atoms with E-state index in [0.717, 1.165) is 5.56 Å². The van der Waals surface area contributed by atoms with Crippen LogP contribution in [0.5, 0.6) is 0 Å². The van der Waals surface area contributed by atoms with Crippen molar-refractivity contribution in [2.45, 2.75) is 31.5 Å². The van der Waals surface area contributed by atoms with Crippen LogP contribution in [0.1, 0.15) is 30.5 Å². The largest absolute Gasteiger partial charge is 0.467 e. The standard InChI is InChI=1S/C29H31N3O6/c1-28(2,26(35)37-3)32-25(34)29(22-15-9-5-10-16-22,23-17-11-6-12-18-23)31-24(33)19-30-27(36)38-20-21-13-7-4-8-14-21/h4-18H,19-20H2,1-3H3,(H,30,36)(H,31,33)(H,32,34). The minimum Gasteiger partial charge on any atom is -0.467 e. The van der Waals surface area contributed by atoms with Gasteiger partial charge in [0.05, 0.1) is 7.11 Å². The topological polar surface area (TPSA) is 123 Å². The van der Waals surface area contributed by atoms with E-state index in [1.807, 2.05) is 30.3 Å². The lowest BCUT2D eigenvalue weighted by atomic mass is 9.81. The van der Waals surface area contributed by atoms with E-state index in [-0.39, 0.29) is 6.61 Å². The fourth-order valence-corrected chi connectivity index (χ4v) is 3.87. The summed E-state index contributed by atoms with van der Waals surface area (Å²) in [5.74, 6) is -1.97. The molecular formula is C29H31N3O6. The number of rotatable bonds is 10. The highest BCUT2D eigenvalue weighted by molar-refractivity contribution is 5.99. The van der Waals surface area contributed by atoms with Crippen LogP contribution < -0.4 is 16.0 Å². The van der Waals surface area contributed by atoms with Crippen molar-refractivity contribution in [3.8, 4) is 0 Å². The average molecular weight is 518 g/mol.